The fourth-order valence-corrected chi connectivity index (χ4v) is 3.76. The van der Waals surface area contributed by atoms with Crippen LogP contribution in [0.4, 0.5) is 0 Å². The molecule has 2 heterocycles. The summed E-state index contributed by atoms with van der Waals surface area (Å²) >= 11 is 6.32. The monoisotopic (exact) mass is 353 g/mol. The predicted octanol–water partition coefficient (Wildman–Crippen LogP) is 5.32. The van der Waals surface area contributed by atoms with Gasteiger partial charge in [0.05, 0.1) is 19.4 Å². The molecule has 0 aliphatic carbocycles. The van der Waals surface area contributed by atoms with E-state index in [-0.39, 0.29) is 6.10 Å². The fraction of sp³-hybridized carbons (Fsp3) is 0.238. The van der Waals surface area contributed by atoms with Crippen LogP contribution in [0, 0.1) is 0 Å². The summed E-state index contributed by atoms with van der Waals surface area (Å²) in [6.07, 6.45) is 2.75. The van der Waals surface area contributed by atoms with Gasteiger partial charge in [0.25, 0.3) is 0 Å². The fourth-order valence-electron chi connectivity index (χ4n) is 3.58. The number of benzene rings is 2. The van der Waals surface area contributed by atoms with Crippen molar-refractivity contribution in [1.82, 2.24) is 4.57 Å². The standard InChI is InChI=1S/C21H20ClNO2/c1-3-14-6-4-8-17(20(14)24-2)21-18-12-15(22)9-10-19(18)23-11-5-7-16(23)13-25-21/h4-12,21H,3,13H2,1-2H3. The predicted molar refractivity (Wildman–Crippen MR) is 99.8 cm³/mol. The number of nitrogens with zero attached hydrogens (tertiary/aromatic N) is 1. The van der Waals surface area contributed by atoms with E-state index in [1.807, 2.05) is 18.2 Å². The first-order chi connectivity index (χ1) is 12.2. The van der Waals surface area contributed by atoms with E-state index in [9.17, 15) is 0 Å². The minimum Gasteiger partial charge on any atom is -0.496 e. The molecule has 0 radical (unpaired) electrons. The van der Waals surface area contributed by atoms with Gasteiger partial charge >= 0.3 is 0 Å². The molecular formula is C21H20ClNO2. The summed E-state index contributed by atoms with van der Waals surface area (Å²) in [7, 11) is 1.72. The Morgan fingerprint density at radius 3 is 2.84 bits per heavy atom. The highest BCUT2D eigenvalue weighted by Crippen LogP contribution is 2.41. The molecule has 1 aliphatic heterocycles. The maximum Gasteiger partial charge on any atom is 0.128 e. The first-order valence-electron chi connectivity index (χ1n) is 8.46. The molecule has 0 bridgehead atoms. The highest BCUT2D eigenvalue weighted by Gasteiger charge is 2.27. The van der Waals surface area contributed by atoms with Gasteiger partial charge in [0.2, 0.25) is 0 Å². The average Bonchev–Trinajstić information content (AvgIpc) is 3.04. The van der Waals surface area contributed by atoms with Crippen molar-refractivity contribution in [2.75, 3.05) is 7.11 Å². The zero-order valence-electron chi connectivity index (χ0n) is 14.3. The molecule has 1 unspecified atom stereocenters. The first-order valence-corrected chi connectivity index (χ1v) is 8.84. The number of para-hydroxylation sites is 1. The van der Waals surface area contributed by atoms with Crippen molar-refractivity contribution in [3.05, 3.63) is 82.1 Å². The van der Waals surface area contributed by atoms with Crippen LogP contribution in [0.3, 0.4) is 0 Å². The molecule has 1 aromatic heterocycles. The maximum atomic E-state index is 6.34. The second-order valence-corrected chi connectivity index (χ2v) is 6.59. The first kappa shape index (κ1) is 16.2. The van der Waals surface area contributed by atoms with Crippen molar-refractivity contribution in [2.24, 2.45) is 0 Å². The molecule has 0 saturated heterocycles. The van der Waals surface area contributed by atoms with Crippen molar-refractivity contribution in [1.29, 1.82) is 0 Å². The van der Waals surface area contributed by atoms with Gasteiger partial charge in [0.15, 0.2) is 0 Å². The van der Waals surface area contributed by atoms with Gasteiger partial charge in [-0.1, -0.05) is 36.7 Å². The molecule has 25 heavy (non-hydrogen) atoms. The molecule has 4 heteroatoms. The Kier molecular flexibility index (Phi) is 4.28. The van der Waals surface area contributed by atoms with E-state index < -0.39 is 0 Å². The second-order valence-electron chi connectivity index (χ2n) is 6.16. The molecular weight excluding hydrogens is 334 g/mol. The largest absolute Gasteiger partial charge is 0.496 e. The molecule has 1 atom stereocenters. The van der Waals surface area contributed by atoms with Gasteiger partial charge in [-0.05, 0) is 42.3 Å². The lowest BCUT2D eigenvalue weighted by molar-refractivity contribution is 0.0661. The molecule has 3 nitrogen and oxygen atoms in total. The third-order valence-electron chi connectivity index (χ3n) is 4.76. The van der Waals surface area contributed by atoms with Gasteiger partial charge in [-0.25, -0.2) is 0 Å². The van der Waals surface area contributed by atoms with E-state index in [2.05, 4.69) is 48.0 Å². The summed E-state index contributed by atoms with van der Waals surface area (Å²) in [4.78, 5) is 0. The lowest BCUT2D eigenvalue weighted by Gasteiger charge is -2.22. The minimum absolute atomic E-state index is 0.227. The van der Waals surface area contributed by atoms with E-state index in [4.69, 9.17) is 21.1 Å². The van der Waals surface area contributed by atoms with Gasteiger partial charge in [0.1, 0.15) is 11.9 Å². The molecule has 2 aromatic carbocycles. The molecule has 0 amide bonds. The molecule has 3 aromatic rings. The molecule has 0 N–H and O–H groups in total. The van der Waals surface area contributed by atoms with E-state index in [0.29, 0.717) is 11.6 Å². The minimum atomic E-state index is -0.227. The van der Waals surface area contributed by atoms with Crippen LogP contribution in [0.15, 0.2) is 54.7 Å². The summed E-state index contributed by atoms with van der Waals surface area (Å²) in [5, 5.41) is 0.702. The molecule has 4 rings (SSSR count). The van der Waals surface area contributed by atoms with Crippen LogP contribution < -0.4 is 4.74 Å². The zero-order chi connectivity index (χ0) is 17.4. The zero-order valence-corrected chi connectivity index (χ0v) is 15.1. The summed E-state index contributed by atoms with van der Waals surface area (Å²) in [5.41, 5.74) is 5.48. The van der Waals surface area contributed by atoms with Crippen LogP contribution >= 0.6 is 11.6 Å². The summed E-state index contributed by atoms with van der Waals surface area (Å²) in [6.45, 7) is 2.66. The SMILES string of the molecule is CCc1cccc(C2OCc3cccn3-c3ccc(Cl)cc32)c1OC. The molecule has 1 aliphatic rings. The summed E-state index contributed by atoms with van der Waals surface area (Å²) in [6, 6.07) is 16.3. The van der Waals surface area contributed by atoms with E-state index in [1.54, 1.807) is 7.11 Å². The number of aryl methyl sites for hydroxylation is 1. The number of hydrogen-bond acceptors (Lipinski definition) is 2. The maximum absolute atomic E-state index is 6.34. The Labute approximate surface area is 152 Å². The summed E-state index contributed by atoms with van der Waals surface area (Å²) < 4.78 is 14.3. The van der Waals surface area contributed by atoms with Gasteiger partial charge in [0, 0.05) is 28.0 Å². The second kappa shape index (κ2) is 6.58. The highest BCUT2D eigenvalue weighted by atomic mass is 35.5. The Balaban J connectivity index is 1.93. The topological polar surface area (TPSA) is 23.4 Å². The van der Waals surface area contributed by atoms with Gasteiger partial charge < -0.3 is 14.0 Å². The van der Waals surface area contributed by atoms with E-state index in [1.165, 1.54) is 5.56 Å². The van der Waals surface area contributed by atoms with Crippen molar-refractivity contribution in [2.45, 2.75) is 26.1 Å². The van der Waals surface area contributed by atoms with Crippen LogP contribution in [0.25, 0.3) is 5.69 Å². The van der Waals surface area contributed by atoms with Crippen molar-refractivity contribution in [3.8, 4) is 11.4 Å². The van der Waals surface area contributed by atoms with Crippen molar-refractivity contribution in [3.63, 3.8) is 0 Å². The molecule has 0 fully saturated rings. The van der Waals surface area contributed by atoms with Crippen LogP contribution in [0.1, 0.15) is 35.4 Å². The number of rotatable bonds is 3. The Hall–Kier alpha value is -2.23. The van der Waals surface area contributed by atoms with Gasteiger partial charge in [-0.15, -0.1) is 0 Å². The van der Waals surface area contributed by atoms with Gasteiger partial charge in [-0.2, -0.15) is 0 Å². The molecule has 0 saturated carbocycles. The van der Waals surface area contributed by atoms with Crippen LogP contribution in [0.2, 0.25) is 5.02 Å². The number of fused-ring (bicyclic) bond motifs is 3. The van der Waals surface area contributed by atoms with Crippen LogP contribution in [-0.2, 0) is 17.8 Å². The number of halogens is 1. The Morgan fingerprint density at radius 1 is 1.16 bits per heavy atom. The number of ether oxygens (including phenoxy) is 2. The molecule has 128 valence electrons. The number of hydrogen-bond donors (Lipinski definition) is 0. The molecule has 0 spiro atoms. The van der Waals surface area contributed by atoms with Gasteiger partial charge in [-0.3, -0.25) is 0 Å². The third-order valence-corrected chi connectivity index (χ3v) is 4.99. The van der Waals surface area contributed by atoms with Crippen LogP contribution in [0.5, 0.6) is 5.75 Å². The number of aromatic nitrogens is 1. The highest BCUT2D eigenvalue weighted by molar-refractivity contribution is 6.30. The smallest absolute Gasteiger partial charge is 0.128 e. The van der Waals surface area contributed by atoms with E-state index >= 15 is 0 Å². The lowest BCUT2D eigenvalue weighted by Crippen LogP contribution is -2.09. The van der Waals surface area contributed by atoms with Crippen molar-refractivity contribution >= 4 is 11.6 Å². The average molecular weight is 354 g/mol. The normalized spacial score (nSPS) is 16.0. The van der Waals surface area contributed by atoms with Crippen LogP contribution in [-0.4, -0.2) is 11.7 Å². The quantitative estimate of drug-likeness (QED) is 0.636. The lowest BCUT2D eigenvalue weighted by atomic mass is 9.96. The summed E-state index contributed by atoms with van der Waals surface area (Å²) in [5.74, 6) is 0.896. The third kappa shape index (κ3) is 2.74. The van der Waals surface area contributed by atoms with E-state index in [0.717, 1.165) is 34.7 Å². The Morgan fingerprint density at radius 2 is 2.04 bits per heavy atom. The number of methoxy groups -OCH3 is 1. The Bertz CT molecular complexity index is 916. The van der Waals surface area contributed by atoms with Crippen molar-refractivity contribution < 1.29 is 9.47 Å².